The Morgan fingerprint density at radius 1 is 1.31 bits per heavy atom. The molecule has 1 atom stereocenters. The van der Waals surface area contributed by atoms with Crippen molar-refractivity contribution in [2.24, 2.45) is 5.92 Å². The fourth-order valence-corrected chi connectivity index (χ4v) is 3.04. The maximum absolute atomic E-state index is 13.3. The molecule has 1 aliphatic heterocycles. The maximum Gasteiger partial charge on any atom is 0.227 e. The molecule has 2 aromatic carbocycles. The van der Waals surface area contributed by atoms with E-state index in [0.29, 0.717) is 12.2 Å². The van der Waals surface area contributed by atoms with Crippen LogP contribution in [0, 0.1) is 11.7 Å². The van der Waals surface area contributed by atoms with E-state index in [0.717, 1.165) is 11.3 Å². The summed E-state index contributed by atoms with van der Waals surface area (Å²) in [6, 6.07) is 11.5. The molecule has 1 N–H and O–H groups in total. The SMILES string of the molecule is COc1ccc(CNC(=O)[C@@H]2CC(=O)N(c3ccc(F)c(Cl)c3)C2)cc1. The van der Waals surface area contributed by atoms with Crippen molar-refractivity contribution in [2.45, 2.75) is 13.0 Å². The number of carbonyl (C=O) groups is 2. The summed E-state index contributed by atoms with van der Waals surface area (Å²) in [6.07, 6.45) is 0.115. The maximum atomic E-state index is 13.3. The van der Waals surface area contributed by atoms with Crippen molar-refractivity contribution in [1.82, 2.24) is 5.32 Å². The molecule has 1 heterocycles. The van der Waals surface area contributed by atoms with Crippen LogP contribution in [0.2, 0.25) is 5.02 Å². The molecule has 0 radical (unpaired) electrons. The third-order valence-corrected chi connectivity index (χ3v) is 4.63. The molecule has 0 saturated carbocycles. The van der Waals surface area contributed by atoms with Crippen LogP contribution in [0.4, 0.5) is 10.1 Å². The summed E-state index contributed by atoms with van der Waals surface area (Å²) in [5.74, 6) is -0.627. The fourth-order valence-electron chi connectivity index (χ4n) is 2.86. The van der Waals surface area contributed by atoms with Gasteiger partial charge in [0.1, 0.15) is 11.6 Å². The number of carbonyl (C=O) groups excluding carboxylic acids is 2. The Kier molecular flexibility index (Phi) is 5.42. The van der Waals surface area contributed by atoms with Crippen molar-refractivity contribution in [3.63, 3.8) is 0 Å². The minimum absolute atomic E-state index is 0.0530. The lowest BCUT2D eigenvalue weighted by molar-refractivity contribution is -0.126. The largest absolute Gasteiger partial charge is 0.497 e. The second-order valence-electron chi connectivity index (χ2n) is 6.07. The van der Waals surface area contributed by atoms with E-state index in [2.05, 4.69) is 5.32 Å². The monoisotopic (exact) mass is 376 g/mol. The van der Waals surface area contributed by atoms with Gasteiger partial charge in [0.05, 0.1) is 18.1 Å². The average Bonchev–Trinajstić information content (AvgIpc) is 3.04. The van der Waals surface area contributed by atoms with E-state index in [4.69, 9.17) is 16.3 Å². The highest BCUT2D eigenvalue weighted by molar-refractivity contribution is 6.31. The first-order chi connectivity index (χ1) is 12.5. The van der Waals surface area contributed by atoms with Crippen LogP contribution >= 0.6 is 11.6 Å². The zero-order valence-electron chi connectivity index (χ0n) is 14.2. The Morgan fingerprint density at radius 2 is 2.04 bits per heavy atom. The van der Waals surface area contributed by atoms with Crippen molar-refractivity contribution in [3.05, 3.63) is 58.9 Å². The Labute approximate surface area is 155 Å². The number of benzene rings is 2. The second kappa shape index (κ2) is 7.74. The fraction of sp³-hybridized carbons (Fsp3) is 0.263. The molecule has 7 heteroatoms. The summed E-state index contributed by atoms with van der Waals surface area (Å²) in [5, 5.41) is 2.79. The van der Waals surface area contributed by atoms with Gasteiger partial charge in [-0.3, -0.25) is 9.59 Å². The molecular weight excluding hydrogens is 359 g/mol. The summed E-state index contributed by atoms with van der Waals surface area (Å²) in [6.45, 7) is 0.616. The van der Waals surface area contributed by atoms with E-state index in [1.807, 2.05) is 24.3 Å². The first kappa shape index (κ1) is 18.2. The number of halogens is 2. The van der Waals surface area contributed by atoms with Crippen molar-refractivity contribution in [3.8, 4) is 5.75 Å². The molecule has 1 saturated heterocycles. The molecule has 0 bridgehead atoms. The Balaban J connectivity index is 1.60. The Bertz CT molecular complexity index is 826. The second-order valence-corrected chi connectivity index (χ2v) is 6.48. The minimum Gasteiger partial charge on any atom is -0.497 e. The summed E-state index contributed by atoms with van der Waals surface area (Å²) in [5.41, 5.74) is 1.43. The first-order valence-electron chi connectivity index (χ1n) is 8.14. The zero-order valence-corrected chi connectivity index (χ0v) is 14.9. The number of methoxy groups -OCH3 is 1. The topological polar surface area (TPSA) is 58.6 Å². The lowest BCUT2D eigenvalue weighted by atomic mass is 10.1. The van der Waals surface area contributed by atoms with Crippen LogP contribution in [0.5, 0.6) is 5.75 Å². The van der Waals surface area contributed by atoms with Gasteiger partial charge in [0, 0.05) is 25.2 Å². The molecule has 0 spiro atoms. The zero-order chi connectivity index (χ0) is 18.7. The van der Waals surface area contributed by atoms with Gasteiger partial charge >= 0.3 is 0 Å². The van der Waals surface area contributed by atoms with Gasteiger partial charge in [-0.15, -0.1) is 0 Å². The van der Waals surface area contributed by atoms with Crippen LogP contribution in [-0.2, 0) is 16.1 Å². The van der Waals surface area contributed by atoms with Gasteiger partial charge in [0.25, 0.3) is 0 Å². The summed E-state index contributed by atoms with van der Waals surface area (Å²) >= 11 is 5.78. The lowest BCUT2D eigenvalue weighted by Gasteiger charge is -2.17. The van der Waals surface area contributed by atoms with Crippen molar-refractivity contribution in [1.29, 1.82) is 0 Å². The number of nitrogens with zero attached hydrogens (tertiary/aromatic N) is 1. The van der Waals surface area contributed by atoms with E-state index >= 15 is 0 Å². The minimum atomic E-state index is -0.546. The molecule has 26 heavy (non-hydrogen) atoms. The normalized spacial score (nSPS) is 16.7. The van der Waals surface area contributed by atoms with Crippen LogP contribution < -0.4 is 15.0 Å². The van der Waals surface area contributed by atoms with Crippen LogP contribution in [0.3, 0.4) is 0 Å². The molecule has 1 fully saturated rings. The molecular formula is C19H18ClFN2O3. The van der Waals surface area contributed by atoms with Gasteiger partial charge in [0.2, 0.25) is 11.8 Å². The van der Waals surface area contributed by atoms with Gasteiger partial charge < -0.3 is 15.0 Å². The molecule has 2 aromatic rings. The van der Waals surface area contributed by atoms with Gasteiger partial charge in [0.15, 0.2) is 0 Å². The molecule has 136 valence electrons. The summed E-state index contributed by atoms with van der Waals surface area (Å²) in [4.78, 5) is 26.1. The number of hydrogen-bond acceptors (Lipinski definition) is 3. The predicted molar refractivity (Wildman–Crippen MR) is 96.7 cm³/mol. The highest BCUT2D eigenvalue weighted by Gasteiger charge is 2.35. The van der Waals surface area contributed by atoms with Gasteiger partial charge in [-0.2, -0.15) is 0 Å². The number of rotatable bonds is 5. The number of amides is 2. The van der Waals surface area contributed by atoms with Crippen LogP contribution in [-0.4, -0.2) is 25.5 Å². The first-order valence-corrected chi connectivity index (χ1v) is 8.52. The Morgan fingerprint density at radius 3 is 2.69 bits per heavy atom. The molecule has 0 aliphatic carbocycles. The van der Waals surface area contributed by atoms with E-state index in [-0.39, 0.29) is 29.8 Å². The quantitative estimate of drug-likeness (QED) is 0.872. The van der Waals surface area contributed by atoms with Crippen LogP contribution in [0.1, 0.15) is 12.0 Å². The van der Waals surface area contributed by atoms with Gasteiger partial charge in [-0.05, 0) is 35.9 Å². The summed E-state index contributed by atoms with van der Waals surface area (Å²) < 4.78 is 18.4. The van der Waals surface area contributed by atoms with Crippen LogP contribution in [0.15, 0.2) is 42.5 Å². The molecule has 5 nitrogen and oxygen atoms in total. The number of ether oxygens (including phenoxy) is 1. The van der Waals surface area contributed by atoms with Crippen LogP contribution in [0.25, 0.3) is 0 Å². The molecule has 1 aliphatic rings. The third kappa shape index (κ3) is 3.96. The highest BCUT2D eigenvalue weighted by atomic mass is 35.5. The van der Waals surface area contributed by atoms with Gasteiger partial charge in [-0.1, -0.05) is 23.7 Å². The van der Waals surface area contributed by atoms with Crippen molar-refractivity contribution >= 4 is 29.1 Å². The van der Waals surface area contributed by atoms with E-state index in [1.54, 1.807) is 7.11 Å². The van der Waals surface area contributed by atoms with E-state index in [9.17, 15) is 14.0 Å². The van der Waals surface area contributed by atoms with E-state index in [1.165, 1.54) is 23.1 Å². The summed E-state index contributed by atoms with van der Waals surface area (Å²) in [7, 11) is 1.59. The van der Waals surface area contributed by atoms with Gasteiger partial charge in [-0.25, -0.2) is 4.39 Å². The lowest BCUT2D eigenvalue weighted by Crippen LogP contribution is -2.32. The predicted octanol–water partition coefficient (Wildman–Crippen LogP) is 3.16. The number of hydrogen-bond donors (Lipinski definition) is 1. The Hall–Kier alpha value is -2.60. The van der Waals surface area contributed by atoms with Crippen molar-refractivity contribution < 1.29 is 18.7 Å². The highest BCUT2D eigenvalue weighted by Crippen LogP contribution is 2.28. The number of nitrogens with one attached hydrogen (secondary N) is 1. The number of anilines is 1. The molecule has 2 amide bonds. The molecule has 0 aromatic heterocycles. The smallest absolute Gasteiger partial charge is 0.227 e. The van der Waals surface area contributed by atoms with E-state index < -0.39 is 11.7 Å². The molecule has 3 rings (SSSR count). The van der Waals surface area contributed by atoms with Crippen molar-refractivity contribution in [2.75, 3.05) is 18.6 Å². The average molecular weight is 377 g/mol. The third-order valence-electron chi connectivity index (χ3n) is 4.34. The molecule has 0 unspecified atom stereocenters. The standard InChI is InChI=1S/C19H18ClFN2O3/c1-26-15-5-2-12(3-6-15)10-22-19(25)13-8-18(24)23(11-13)14-4-7-17(21)16(20)9-14/h2-7,9,13H,8,10-11H2,1H3,(H,22,25)/t13-/m1/s1.